The van der Waals surface area contributed by atoms with Crippen molar-refractivity contribution in [2.75, 3.05) is 44.2 Å². The second kappa shape index (κ2) is 8.52. The summed E-state index contributed by atoms with van der Waals surface area (Å²) in [6, 6.07) is 6.88. The van der Waals surface area contributed by atoms with Gasteiger partial charge in [0.1, 0.15) is 5.82 Å². The van der Waals surface area contributed by atoms with Crippen LogP contribution < -0.4 is 15.5 Å². The van der Waals surface area contributed by atoms with Crippen LogP contribution in [-0.4, -0.2) is 56.2 Å². The van der Waals surface area contributed by atoms with Crippen LogP contribution >= 0.6 is 0 Å². The second-order valence-electron chi connectivity index (χ2n) is 7.14. The van der Waals surface area contributed by atoms with E-state index in [9.17, 15) is 9.18 Å². The Kier molecular flexibility index (Phi) is 6.13. The Hall–Kier alpha value is -1.82. The third-order valence-corrected chi connectivity index (χ3v) is 5.40. The first-order valence-electron chi connectivity index (χ1n) is 9.41. The zero-order chi connectivity index (χ0) is 17.6. The van der Waals surface area contributed by atoms with Crippen molar-refractivity contribution in [1.29, 1.82) is 0 Å². The van der Waals surface area contributed by atoms with E-state index in [2.05, 4.69) is 27.4 Å². The Labute approximate surface area is 149 Å². The summed E-state index contributed by atoms with van der Waals surface area (Å²) < 4.78 is 13.0. The average Bonchev–Trinajstić information content (AvgIpc) is 3.10. The molecule has 3 rings (SSSR count). The third-order valence-electron chi connectivity index (χ3n) is 5.40. The van der Waals surface area contributed by atoms with Gasteiger partial charge in [-0.2, -0.15) is 0 Å². The molecule has 0 radical (unpaired) electrons. The molecule has 2 fully saturated rings. The molecule has 138 valence electrons. The fourth-order valence-electron chi connectivity index (χ4n) is 3.75. The molecule has 0 unspecified atom stereocenters. The Morgan fingerprint density at radius 3 is 2.56 bits per heavy atom. The maximum atomic E-state index is 13.0. The fraction of sp³-hybridized carbons (Fsp3) is 0.632. The first kappa shape index (κ1) is 18.0. The molecule has 0 aliphatic carbocycles. The normalized spacial score (nSPS) is 22.2. The highest BCUT2D eigenvalue weighted by atomic mass is 19.1. The molecule has 1 aromatic rings. The first-order chi connectivity index (χ1) is 12.1. The Morgan fingerprint density at radius 1 is 1.16 bits per heavy atom. The average molecular weight is 348 g/mol. The van der Waals surface area contributed by atoms with Crippen molar-refractivity contribution in [2.45, 2.75) is 32.2 Å². The van der Waals surface area contributed by atoms with Gasteiger partial charge in [0.2, 0.25) is 0 Å². The largest absolute Gasteiger partial charge is 0.371 e. The van der Waals surface area contributed by atoms with Crippen molar-refractivity contribution < 1.29 is 9.18 Å². The molecule has 0 bridgehead atoms. The summed E-state index contributed by atoms with van der Waals surface area (Å²) in [7, 11) is 0. The molecule has 2 N–H and O–H groups in total. The number of amides is 2. The van der Waals surface area contributed by atoms with Crippen LogP contribution in [-0.2, 0) is 0 Å². The zero-order valence-corrected chi connectivity index (χ0v) is 15.0. The number of benzene rings is 1. The van der Waals surface area contributed by atoms with Crippen LogP contribution in [0.5, 0.6) is 0 Å². The van der Waals surface area contributed by atoms with Crippen molar-refractivity contribution in [3.8, 4) is 0 Å². The smallest absolute Gasteiger partial charge is 0.315 e. The predicted molar refractivity (Wildman–Crippen MR) is 98.4 cm³/mol. The van der Waals surface area contributed by atoms with Crippen molar-refractivity contribution >= 4 is 11.7 Å². The lowest BCUT2D eigenvalue weighted by atomic mass is 10.1. The summed E-state index contributed by atoms with van der Waals surface area (Å²) in [5.41, 5.74) is 1.05. The minimum absolute atomic E-state index is 0.0461. The molecule has 1 atom stereocenters. The summed E-state index contributed by atoms with van der Waals surface area (Å²) >= 11 is 0. The van der Waals surface area contributed by atoms with Crippen molar-refractivity contribution in [1.82, 2.24) is 15.5 Å². The van der Waals surface area contributed by atoms with Gasteiger partial charge in [0, 0.05) is 44.5 Å². The number of rotatable bonds is 5. The van der Waals surface area contributed by atoms with Crippen LogP contribution in [0.4, 0.5) is 14.9 Å². The molecule has 1 aromatic carbocycles. The van der Waals surface area contributed by atoms with E-state index in [1.807, 2.05) is 12.1 Å². The number of anilines is 1. The molecule has 6 heteroatoms. The summed E-state index contributed by atoms with van der Waals surface area (Å²) in [4.78, 5) is 16.8. The summed E-state index contributed by atoms with van der Waals surface area (Å²) in [5, 5.41) is 6.13. The van der Waals surface area contributed by atoms with Crippen LogP contribution in [0.15, 0.2) is 24.3 Å². The summed E-state index contributed by atoms with van der Waals surface area (Å²) in [5.74, 6) is 0.236. The van der Waals surface area contributed by atoms with Gasteiger partial charge in [0.15, 0.2) is 0 Å². The summed E-state index contributed by atoms with van der Waals surface area (Å²) in [6.07, 6.45) is 3.11. The monoisotopic (exact) mass is 348 g/mol. The van der Waals surface area contributed by atoms with E-state index < -0.39 is 0 Å². The van der Waals surface area contributed by atoms with E-state index >= 15 is 0 Å². The molecule has 25 heavy (non-hydrogen) atoms. The number of likely N-dealkylation sites (tertiary alicyclic amines) is 1. The molecule has 2 heterocycles. The lowest BCUT2D eigenvalue weighted by molar-refractivity contribution is 0.198. The quantitative estimate of drug-likeness (QED) is 0.859. The number of nitrogens with zero attached hydrogens (tertiary/aromatic N) is 2. The predicted octanol–water partition coefficient (Wildman–Crippen LogP) is 2.44. The molecular formula is C19H29FN4O. The van der Waals surface area contributed by atoms with E-state index in [4.69, 9.17) is 0 Å². The van der Waals surface area contributed by atoms with Gasteiger partial charge >= 0.3 is 6.03 Å². The number of urea groups is 1. The Balaban J connectivity index is 1.36. The maximum absolute atomic E-state index is 13.0. The molecule has 5 nitrogen and oxygen atoms in total. The number of halogens is 1. The van der Waals surface area contributed by atoms with Gasteiger partial charge in [-0.1, -0.05) is 6.92 Å². The molecule has 2 aliphatic heterocycles. The molecule has 2 saturated heterocycles. The second-order valence-corrected chi connectivity index (χ2v) is 7.14. The standard InChI is InChI=1S/C19H29FN4O/c1-2-23-10-8-17(9-11-23)22-19(25)21-13-15-7-12-24(14-15)18-5-3-16(20)4-6-18/h3-6,15,17H,2,7-14H2,1H3,(H2,21,22,25)/t15-/m1/s1. The van der Waals surface area contributed by atoms with Crippen LogP contribution in [0.2, 0.25) is 0 Å². The minimum Gasteiger partial charge on any atom is -0.371 e. The van der Waals surface area contributed by atoms with Crippen LogP contribution in [0, 0.1) is 11.7 Å². The topological polar surface area (TPSA) is 47.6 Å². The number of carbonyl (C=O) groups is 1. The molecular weight excluding hydrogens is 319 g/mol. The van der Waals surface area contributed by atoms with Crippen LogP contribution in [0.1, 0.15) is 26.2 Å². The van der Waals surface area contributed by atoms with Gasteiger partial charge in [-0.05, 0) is 56.0 Å². The van der Waals surface area contributed by atoms with Crippen molar-refractivity contribution in [2.24, 2.45) is 5.92 Å². The van der Waals surface area contributed by atoms with Crippen molar-refractivity contribution in [3.05, 3.63) is 30.1 Å². The SMILES string of the molecule is CCN1CCC(NC(=O)NC[C@H]2CCN(c3ccc(F)cc3)C2)CC1. The maximum Gasteiger partial charge on any atom is 0.315 e. The van der Waals surface area contributed by atoms with Gasteiger partial charge in [-0.15, -0.1) is 0 Å². The molecule has 0 spiro atoms. The van der Waals surface area contributed by atoms with E-state index in [-0.39, 0.29) is 11.8 Å². The van der Waals surface area contributed by atoms with Crippen LogP contribution in [0.25, 0.3) is 0 Å². The highest BCUT2D eigenvalue weighted by Crippen LogP contribution is 2.23. The van der Waals surface area contributed by atoms with Gasteiger partial charge in [-0.25, -0.2) is 9.18 Å². The molecule has 0 saturated carbocycles. The molecule has 0 aromatic heterocycles. The fourth-order valence-corrected chi connectivity index (χ4v) is 3.75. The summed E-state index contributed by atoms with van der Waals surface area (Å²) in [6.45, 7) is 7.95. The number of piperidine rings is 1. The highest BCUT2D eigenvalue weighted by Gasteiger charge is 2.24. The molecule has 2 aliphatic rings. The first-order valence-corrected chi connectivity index (χ1v) is 9.41. The number of carbonyl (C=O) groups excluding carboxylic acids is 1. The van der Waals surface area contributed by atoms with Gasteiger partial charge < -0.3 is 20.4 Å². The van der Waals surface area contributed by atoms with E-state index in [0.717, 1.165) is 57.7 Å². The lowest BCUT2D eigenvalue weighted by Gasteiger charge is -2.31. The van der Waals surface area contributed by atoms with Crippen molar-refractivity contribution in [3.63, 3.8) is 0 Å². The highest BCUT2D eigenvalue weighted by molar-refractivity contribution is 5.74. The van der Waals surface area contributed by atoms with E-state index in [1.54, 1.807) is 0 Å². The zero-order valence-electron chi connectivity index (χ0n) is 15.0. The van der Waals surface area contributed by atoms with Gasteiger partial charge in [0.05, 0.1) is 0 Å². The molecule has 2 amide bonds. The van der Waals surface area contributed by atoms with Gasteiger partial charge in [-0.3, -0.25) is 0 Å². The number of hydrogen-bond donors (Lipinski definition) is 2. The Morgan fingerprint density at radius 2 is 1.88 bits per heavy atom. The van der Waals surface area contributed by atoms with Crippen LogP contribution in [0.3, 0.4) is 0 Å². The van der Waals surface area contributed by atoms with E-state index in [0.29, 0.717) is 18.5 Å². The number of hydrogen-bond acceptors (Lipinski definition) is 3. The lowest BCUT2D eigenvalue weighted by Crippen LogP contribution is -2.48. The minimum atomic E-state index is -0.206. The van der Waals surface area contributed by atoms with E-state index in [1.165, 1.54) is 12.1 Å². The third kappa shape index (κ3) is 5.08. The number of nitrogens with one attached hydrogen (secondary N) is 2. The van der Waals surface area contributed by atoms with Gasteiger partial charge in [0.25, 0.3) is 0 Å². The Bertz CT molecular complexity index is 557.